The van der Waals surface area contributed by atoms with Gasteiger partial charge in [0.1, 0.15) is 12.4 Å². The summed E-state index contributed by atoms with van der Waals surface area (Å²) in [5.74, 6) is -1.23. The molecule has 0 spiro atoms. The van der Waals surface area contributed by atoms with Crippen LogP contribution in [0.15, 0.2) is 55.0 Å². The number of rotatable bonds is 7. The van der Waals surface area contributed by atoms with E-state index in [4.69, 9.17) is 0 Å². The number of pyridine rings is 1. The van der Waals surface area contributed by atoms with Crippen molar-refractivity contribution < 1.29 is 22.4 Å². The van der Waals surface area contributed by atoms with E-state index in [0.29, 0.717) is 23.5 Å². The molecule has 3 aromatic rings. The summed E-state index contributed by atoms with van der Waals surface area (Å²) in [4.78, 5) is 25.1. The minimum Gasteiger partial charge on any atom is -0.343 e. The Balaban J connectivity index is 1.86. The van der Waals surface area contributed by atoms with Gasteiger partial charge in [-0.05, 0) is 42.2 Å². The average molecular weight is 432 g/mol. The lowest BCUT2D eigenvalue weighted by Crippen LogP contribution is -2.33. The van der Waals surface area contributed by atoms with Crippen LogP contribution in [0.2, 0.25) is 0 Å². The molecule has 1 aromatic carbocycles. The average Bonchev–Trinajstić information content (AvgIpc) is 2.72. The van der Waals surface area contributed by atoms with Crippen molar-refractivity contribution in [1.82, 2.24) is 20.3 Å². The lowest BCUT2D eigenvalue weighted by atomic mass is 9.95. The van der Waals surface area contributed by atoms with Gasteiger partial charge in [0.2, 0.25) is 0 Å². The Morgan fingerprint density at radius 2 is 1.77 bits per heavy atom. The number of hydrogen-bond acceptors (Lipinski definition) is 4. The van der Waals surface area contributed by atoms with Gasteiger partial charge in [-0.1, -0.05) is 19.1 Å². The van der Waals surface area contributed by atoms with Crippen molar-refractivity contribution in [3.63, 3.8) is 0 Å². The van der Waals surface area contributed by atoms with Crippen LogP contribution in [0.1, 0.15) is 45.8 Å². The van der Waals surface area contributed by atoms with E-state index in [9.17, 15) is 22.4 Å². The molecule has 2 aromatic heterocycles. The number of carbonyl (C=O) groups is 1. The molecular weight excluding hydrogens is 412 g/mol. The molecule has 2 heterocycles. The van der Waals surface area contributed by atoms with Gasteiger partial charge in [0.25, 0.3) is 5.91 Å². The molecule has 0 aliphatic carbocycles. The molecular formula is C22H20F4N4O. The summed E-state index contributed by atoms with van der Waals surface area (Å²) in [6.45, 7) is 0.503. The van der Waals surface area contributed by atoms with Crippen molar-refractivity contribution >= 4 is 5.91 Å². The molecule has 0 unspecified atom stereocenters. The molecule has 1 atom stereocenters. The third-order valence-corrected chi connectivity index (χ3v) is 4.58. The molecule has 31 heavy (non-hydrogen) atoms. The van der Waals surface area contributed by atoms with Crippen LogP contribution in [0.4, 0.5) is 17.6 Å². The summed E-state index contributed by atoms with van der Waals surface area (Å²) in [6.07, 6.45) is 0.774. The van der Waals surface area contributed by atoms with Gasteiger partial charge in [0.15, 0.2) is 0 Å². The van der Waals surface area contributed by atoms with Gasteiger partial charge >= 0.3 is 6.18 Å². The van der Waals surface area contributed by atoms with Crippen LogP contribution in [0, 0.1) is 5.82 Å². The molecule has 0 saturated heterocycles. The first-order chi connectivity index (χ1) is 14.7. The number of benzene rings is 1. The summed E-state index contributed by atoms with van der Waals surface area (Å²) in [5.41, 5.74) is 2.60. The van der Waals surface area contributed by atoms with Gasteiger partial charge in [-0.15, -0.1) is 0 Å². The molecule has 0 saturated carbocycles. The number of nitrogens with one attached hydrogen (secondary N) is 1. The van der Waals surface area contributed by atoms with E-state index < -0.39 is 18.6 Å². The summed E-state index contributed by atoms with van der Waals surface area (Å²) < 4.78 is 50.7. The SMILES string of the molecule is C[C@H](Cc1cc(C(=O)NCC(F)(F)F)cc(Cc2cnccn2)n1)c1ccc(F)cc1. The molecule has 0 radical (unpaired) electrons. The lowest BCUT2D eigenvalue weighted by molar-refractivity contribution is -0.123. The van der Waals surface area contributed by atoms with E-state index in [0.717, 1.165) is 5.56 Å². The molecule has 1 N–H and O–H groups in total. The molecule has 5 nitrogen and oxygen atoms in total. The predicted octanol–water partition coefficient (Wildman–Crippen LogP) is 4.24. The summed E-state index contributed by atoms with van der Waals surface area (Å²) in [7, 11) is 0. The molecule has 162 valence electrons. The van der Waals surface area contributed by atoms with Crippen LogP contribution in [0.3, 0.4) is 0 Å². The highest BCUT2D eigenvalue weighted by Gasteiger charge is 2.28. The Hall–Kier alpha value is -3.36. The van der Waals surface area contributed by atoms with E-state index in [2.05, 4.69) is 15.0 Å². The highest BCUT2D eigenvalue weighted by atomic mass is 19.4. The zero-order valence-electron chi connectivity index (χ0n) is 16.7. The third kappa shape index (κ3) is 6.84. The van der Waals surface area contributed by atoms with Crippen molar-refractivity contribution in [2.75, 3.05) is 6.54 Å². The van der Waals surface area contributed by atoms with Crippen molar-refractivity contribution in [3.05, 3.63) is 89.0 Å². The topological polar surface area (TPSA) is 67.8 Å². The van der Waals surface area contributed by atoms with Crippen molar-refractivity contribution in [3.8, 4) is 0 Å². The predicted molar refractivity (Wildman–Crippen MR) is 106 cm³/mol. The summed E-state index contributed by atoms with van der Waals surface area (Å²) >= 11 is 0. The second-order valence-corrected chi connectivity index (χ2v) is 7.17. The van der Waals surface area contributed by atoms with E-state index in [1.54, 1.807) is 18.3 Å². The number of amides is 1. The third-order valence-electron chi connectivity index (χ3n) is 4.58. The maximum Gasteiger partial charge on any atom is 0.405 e. The number of hydrogen-bond donors (Lipinski definition) is 1. The van der Waals surface area contributed by atoms with Crippen molar-refractivity contribution in [2.45, 2.75) is 31.9 Å². The second kappa shape index (κ2) is 9.63. The van der Waals surface area contributed by atoms with Gasteiger partial charge in [0, 0.05) is 42.0 Å². The fourth-order valence-corrected chi connectivity index (χ4v) is 3.09. The zero-order chi connectivity index (χ0) is 22.4. The highest BCUT2D eigenvalue weighted by Crippen LogP contribution is 2.22. The number of carbonyl (C=O) groups excluding carboxylic acids is 1. The molecule has 0 fully saturated rings. The Bertz CT molecular complexity index is 1020. The highest BCUT2D eigenvalue weighted by molar-refractivity contribution is 5.94. The standard InChI is InChI=1S/C22H20F4N4O/c1-14(15-2-4-17(23)5-3-15)8-18-9-16(21(31)29-13-22(24,25)26)10-19(30-18)11-20-12-27-6-7-28-20/h2-7,9-10,12,14H,8,11,13H2,1H3,(H,29,31)/t14-/m1/s1. The van der Waals surface area contributed by atoms with Gasteiger partial charge in [0.05, 0.1) is 5.69 Å². The number of nitrogens with zero attached hydrogens (tertiary/aromatic N) is 3. The van der Waals surface area contributed by atoms with Crippen LogP contribution in [0.25, 0.3) is 0 Å². The lowest BCUT2D eigenvalue weighted by Gasteiger charge is -2.14. The van der Waals surface area contributed by atoms with Gasteiger partial charge in [-0.3, -0.25) is 19.7 Å². The van der Waals surface area contributed by atoms with Crippen molar-refractivity contribution in [1.29, 1.82) is 0 Å². The first kappa shape index (κ1) is 22.3. The summed E-state index contributed by atoms with van der Waals surface area (Å²) in [5, 5.41) is 1.89. The zero-order valence-corrected chi connectivity index (χ0v) is 16.7. The van der Waals surface area contributed by atoms with E-state index in [1.165, 1.54) is 36.7 Å². The maximum atomic E-state index is 13.2. The van der Waals surface area contributed by atoms with Crippen LogP contribution >= 0.6 is 0 Å². The quantitative estimate of drug-likeness (QED) is 0.567. The van der Waals surface area contributed by atoms with E-state index >= 15 is 0 Å². The van der Waals surface area contributed by atoms with Crippen LogP contribution in [-0.2, 0) is 12.8 Å². The van der Waals surface area contributed by atoms with E-state index in [-0.39, 0.29) is 23.7 Å². The maximum absolute atomic E-state index is 13.2. The first-order valence-corrected chi connectivity index (χ1v) is 9.55. The van der Waals surface area contributed by atoms with Crippen LogP contribution in [-0.4, -0.2) is 33.6 Å². The molecule has 3 rings (SSSR count). The summed E-state index contributed by atoms with van der Waals surface area (Å²) in [6, 6.07) is 8.98. The Morgan fingerprint density at radius 3 is 2.42 bits per heavy atom. The molecule has 0 bridgehead atoms. The van der Waals surface area contributed by atoms with Gasteiger partial charge < -0.3 is 5.32 Å². The molecule has 9 heteroatoms. The Kier molecular flexibility index (Phi) is 6.94. The van der Waals surface area contributed by atoms with Crippen LogP contribution in [0.5, 0.6) is 0 Å². The number of halogens is 4. The number of aromatic nitrogens is 3. The first-order valence-electron chi connectivity index (χ1n) is 9.55. The Morgan fingerprint density at radius 1 is 1.06 bits per heavy atom. The largest absolute Gasteiger partial charge is 0.405 e. The van der Waals surface area contributed by atoms with Crippen molar-refractivity contribution in [2.24, 2.45) is 0 Å². The monoisotopic (exact) mass is 432 g/mol. The van der Waals surface area contributed by atoms with E-state index in [1.807, 2.05) is 12.2 Å². The smallest absolute Gasteiger partial charge is 0.343 e. The fourth-order valence-electron chi connectivity index (χ4n) is 3.09. The Labute approximate surface area is 176 Å². The minimum absolute atomic E-state index is 0.0500. The second-order valence-electron chi connectivity index (χ2n) is 7.17. The molecule has 1 amide bonds. The van der Waals surface area contributed by atoms with Crippen LogP contribution < -0.4 is 5.32 Å². The van der Waals surface area contributed by atoms with Gasteiger partial charge in [-0.2, -0.15) is 13.2 Å². The molecule has 0 aliphatic heterocycles. The molecule has 0 aliphatic rings. The minimum atomic E-state index is -4.51. The van der Waals surface area contributed by atoms with Gasteiger partial charge in [-0.25, -0.2) is 4.39 Å². The number of alkyl halides is 3. The fraction of sp³-hybridized carbons (Fsp3) is 0.273. The normalized spacial score (nSPS) is 12.4.